The van der Waals surface area contributed by atoms with Gasteiger partial charge in [-0.25, -0.2) is 0 Å². The van der Waals surface area contributed by atoms with Gasteiger partial charge >= 0.3 is 11.9 Å². The maximum Gasteiger partial charge on any atom is 0.311 e. The van der Waals surface area contributed by atoms with Crippen molar-refractivity contribution in [1.82, 2.24) is 9.80 Å². The zero-order valence-electron chi connectivity index (χ0n) is 28.9. The van der Waals surface area contributed by atoms with Crippen molar-refractivity contribution >= 4 is 11.9 Å². The van der Waals surface area contributed by atoms with Gasteiger partial charge in [-0.15, -0.1) is 0 Å². The van der Waals surface area contributed by atoms with Gasteiger partial charge in [-0.2, -0.15) is 0 Å². The van der Waals surface area contributed by atoms with Crippen LogP contribution < -0.4 is 0 Å². The Hall–Kier alpha value is -1.38. The molecule has 2 aliphatic rings. The first-order valence-electron chi connectivity index (χ1n) is 16.0. The first-order chi connectivity index (χ1) is 20.1. The molecule has 0 aromatic carbocycles. The number of aliphatic hydroxyl groups excluding tert-OH is 2. The summed E-state index contributed by atoms with van der Waals surface area (Å²) in [6.07, 6.45) is -5.74. The van der Waals surface area contributed by atoms with E-state index in [2.05, 4.69) is 0 Å². The first kappa shape index (κ1) is 38.8. The molecule has 258 valence electrons. The Morgan fingerprint density at radius 1 is 1.11 bits per heavy atom. The van der Waals surface area contributed by atoms with Crippen molar-refractivity contribution in [3.8, 4) is 0 Å². The van der Waals surface area contributed by atoms with E-state index in [9.17, 15) is 30.0 Å². The second kappa shape index (κ2) is 15.5. The van der Waals surface area contributed by atoms with Gasteiger partial charge in [-0.05, 0) is 80.9 Å². The predicted molar refractivity (Wildman–Crippen MR) is 164 cm³/mol. The smallest absolute Gasteiger partial charge is 0.311 e. The van der Waals surface area contributed by atoms with E-state index in [1.54, 1.807) is 27.7 Å². The van der Waals surface area contributed by atoms with E-state index >= 15 is 0 Å². The molecule has 4 N–H and O–H groups in total. The van der Waals surface area contributed by atoms with Crippen LogP contribution in [0.2, 0.25) is 0 Å². The molecule has 0 aromatic heterocycles. The van der Waals surface area contributed by atoms with Crippen molar-refractivity contribution in [2.75, 3.05) is 27.7 Å². The minimum absolute atomic E-state index is 0.127. The quantitative estimate of drug-likeness (QED) is 0.325. The van der Waals surface area contributed by atoms with Crippen molar-refractivity contribution < 1.29 is 49.0 Å². The Bertz CT molecular complexity index is 946. The number of esters is 2. The maximum absolute atomic E-state index is 13.4. The van der Waals surface area contributed by atoms with Crippen LogP contribution in [-0.2, 0) is 28.5 Å². The second-order valence-corrected chi connectivity index (χ2v) is 14.2. The van der Waals surface area contributed by atoms with E-state index in [0.717, 1.165) is 0 Å². The van der Waals surface area contributed by atoms with E-state index < -0.39 is 77.8 Å². The number of rotatable bonds is 5. The van der Waals surface area contributed by atoms with Gasteiger partial charge in [-0.3, -0.25) is 9.59 Å². The standard InChI is InChI=1S/C32H60N2O10/c1-13-24-32(9,40)27(37)21(6)34(12)16-17(2)15-31(8,39)28(19(4)25(36)20(5)29(38)43-24)44-30-26(42-22(7)35)23(33(10)11)14-18(3)41-30/h17-21,23-28,30,36-37,39-40H,13-16H2,1-12H3/t17-,18-,19+,20-,21-,23+,24-,25?,26-,27-,28-,30+,31-,32-/m1/s1. The number of carbonyl (C=O) groups is 2. The highest BCUT2D eigenvalue weighted by atomic mass is 16.7. The van der Waals surface area contributed by atoms with Crippen molar-refractivity contribution in [3.63, 3.8) is 0 Å². The lowest BCUT2D eigenvalue weighted by atomic mass is 9.78. The second-order valence-electron chi connectivity index (χ2n) is 14.2. The number of nitrogens with zero attached hydrogens (tertiary/aromatic N) is 2. The van der Waals surface area contributed by atoms with Crippen LogP contribution in [0.15, 0.2) is 0 Å². The molecule has 2 aliphatic heterocycles. The van der Waals surface area contributed by atoms with E-state index in [1.807, 2.05) is 44.8 Å². The third-order valence-corrected chi connectivity index (χ3v) is 9.74. The molecule has 0 radical (unpaired) electrons. The van der Waals surface area contributed by atoms with Crippen molar-refractivity contribution in [1.29, 1.82) is 0 Å². The lowest BCUT2D eigenvalue weighted by Gasteiger charge is -2.47. The molecule has 0 saturated carbocycles. The molecule has 12 heteroatoms. The number of carbonyl (C=O) groups excluding carboxylic acids is 2. The molecule has 2 heterocycles. The molecule has 0 spiro atoms. The van der Waals surface area contributed by atoms with Crippen LogP contribution in [-0.4, -0.2) is 136 Å². The number of hydrogen-bond acceptors (Lipinski definition) is 12. The zero-order valence-corrected chi connectivity index (χ0v) is 28.9. The fourth-order valence-electron chi connectivity index (χ4n) is 7.04. The number of cyclic esters (lactones) is 1. The number of hydrogen-bond donors (Lipinski definition) is 4. The average Bonchev–Trinajstić information content (AvgIpc) is 2.91. The summed E-state index contributed by atoms with van der Waals surface area (Å²) in [5, 5.41) is 46.3. The molecule has 0 bridgehead atoms. The summed E-state index contributed by atoms with van der Waals surface area (Å²) < 4.78 is 24.2. The molecule has 2 fully saturated rings. The van der Waals surface area contributed by atoms with Gasteiger partial charge < -0.3 is 49.2 Å². The number of ether oxygens (including phenoxy) is 4. The summed E-state index contributed by atoms with van der Waals surface area (Å²) in [7, 11) is 5.59. The van der Waals surface area contributed by atoms with E-state index in [1.165, 1.54) is 20.8 Å². The van der Waals surface area contributed by atoms with E-state index in [-0.39, 0.29) is 30.9 Å². The van der Waals surface area contributed by atoms with Gasteiger partial charge in [0, 0.05) is 25.4 Å². The van der Waals surface area contributed by atoms with Gasteiger partial charge in [-0.1, -0.05) is 20.8 Å². The third kappa shape index (κ3) is 9.12. The average molecular weight is 633 g/mol. The van der Waals surface area contributed by atoms with Crippen LogP contribution in [0.4, 0.5) is 0 Å². The molecule has 14 atom stereocenters. The zero-order chi connectivity index (χ0) is 33.9. The monoisotopic (exact) mass is 632 g/mol. The summed E-state index contributed by atoms with van der Waals surface area (Å²) in [5.74, 6) is -3.26. The highest BCUT2D eigenvalue weighted by Gasteiger charge is 2.50. The first-order valence-corrected chi connectivity index (χ1v) is 16.0. The lowest BCUT2D eigenvalue weighted by Crippen LogP contribution is -2.60. The van der Waals surface area contributed by atoms with E-state index in [0.29, 0.717) is 13.0 Å². The molecule has 0 amide bonds. The Labute approximate surface area is 264 Å². The Balaban J connectivity index is 2.59. The maximum atomic E-state index is 13.4. The fraction of sp³-hybridized carbons (Fsp3) is 0.938. The summed E-state index contributed by atoms with van der Waals surface area (Å²) in [4.78, 5) is 29.4. The van der Waals surface area contributed by atoms with Gasteiger partial charge in [0.15, 0.2) is 12.4 Å². The SMILES string of the molecule is CC[C@H]1OC(=O)[C@H](C)C(O)[C@H](C)[C@@H](O[C@@H]2O[C@H](C)C[C@H](N(C)C)[C@H]2OC(C)=O)[C@](C)(O)C[C@@H](C)CN(C)[C@H](C)[C@@H](O)[C@]1(C)O. The topological polar surface area (TPSA) is 158 Å². The number of likely N-dealkylation sites (N-methyl/N-ethyl adjacent to an activating group) is 2. The van der Waals surface area contributed by atoms with Crippen LogP contribution in [0.5, 0.6) is 0 Å². The van der Waals surface area contributed by atoms with Crippen molar-refractivity contribution in [2.45, 2.75) is 148 Å². The Morgan fingerprint density at radius 3 is 2.23 bits per heavy atom. The van der Waals surface area contributed by atoms with Gasteiger partial charge in [0.05, 0.1) is 35.9 Å². The van der Waals surface area contributed by atoms with Gasteiger partial charge in [0.2, 0.25) is 0 Å². The minimum Gasteiger partial charge on any atom is -0.459 e. The number of aliphatic hydroxyl groups is 4. The van der Waals surface area contributed by atoms with Gasteiger partial charge in [0.1, 0.15) is 17.8 Å². The minimum atomic E-state index is -1.77. The fourth-order valence-corrected chi connectivity index (χ4v) is 7.04. The van der Waals surface area contributed by atoms with E-state index in [4.69, 9.17) is 18.9 Å². The van der Waals surface area contributed by atoms with Crippen LogP contribution in [0, 0.1) is 17.8 Å². The summed E-state index contributed by atoms with van der Waals surface area (Å²) in [6, 6.07) is -0.748. The Kier molecular flexibility index (Phi) is 13.6. The van der Waals surface area contributed by atoms with Crippen LogP contribution in [0.3, 0.4) is 0 Å². The van der Waals surface area contributed by atoms with Crippen LogP contribution in [0.1, 0.15) is 81.6 Å². The van der Waals surface area contributed by atoms with Crippen molar-refractivity contribution in [2.24, 2.45) is 17.8 Å². The molecule has 0 aliphatic carbocycles. The normalized spacial score (nSPS) is 45.7. The molecular formula is C32H60N2O10. The van der Waals surface area contributed by atoms with Gasteiger partial charge in [0.25, 0.3) is 0 Å². The third-order valence-electron chi connectivity index (χ3n) is 9.74. The molecule has 2 rings (SSSR count). The molecule has 44 heavy (non-hydrogen) atoms. The summed E-state index contributed by atoms with van der Waals surface area (Å²) >= 11 is 0. The highest BCUT2D eigenvalue weighted by Crippen LogP contribution is 2.37. The molecule has 1 unspecified atom stereocenters. The summed E-state index contributed by atoms with van der Waals surface area (Å²) in [6.45, 7) is 15.5. The highest BCUT2D eigenvalue weighted by molar-refractivity contribution is 5.73. The Morgan fingerprint density at radius 2 is 1.70 bits per heavy atom. The molecule has 2 saturated heterocycles. The largest absolute Gasteiger partial charge is 0.459 e. The molecule has 0 aromatic rings. The lowest BCUT2D eigenvalue weighted by molar-refractivity contribution is -0.301. The molecule has 12 nitrogen and oxygen atoms in total. The van der Waals surface area contributed by atoms with Crippen LogP contribution >= 0.6 is 0 Å². The summed E-state index contributed by atoms with van der Waals surface area (Å²) in [5.41, 5.74) is -3.30. The van der Waals surface area contributed by atoms with Crippen molar-refractivity contribution in [3.05, 3.63) is 0 Å². The molecular weight excluding hydrogens is 572 g/mol. The van der Waals surface area contributed by atoms with Crippen LogP contribution in [0.25, 0.3) is 0 Å². The predicted octanol–water partition coefficient (Wildman–Crippen LogP) is 1.55.